The van der Waals surface area contributed by atoms with Crippen LogP contribution < -0.4 is 5.56 Å². The number of nitrogens with zero attached hydrogens (tertiary/aromatic N) is 4. The summed E-state index contributed by atoms with van der Waals surface area (Å²) in [5.41, 5.74) is 2.08. The molecule has 5 nitrogen and oxygen atoms in total. The molecule has 0 amide bonds. The number of thiophene rings is 1. The molecular weight excluding hydrogens is 316 g/mol. The van der Waals surface area contributed by atoms with E-state index in [2.05, 4.69) is 33.4 Å². The SMILES string of the molecule is Cc1cc(=O)n2nc(CN3CCc4sccc4C3C)sc2n1. The van der Waals surface area contributed by atoms with Crippen molar-refractivity contribution in [3.63, 3.8) is 0 Å². The second-order valence-corrected chi connectivity index (χ2v) is 7.66. The Morgan fingerprint density at radius 2 is 2.32 bits per heavy atom. The summed E-state index contributed by atoms with van der Waals surface area (Å²) < 4.78 is 1.41. The quantitative estimate of drug-likeness (QED) is 0.724. The molecule has 4 heterocycles. The zero-order valence-electron chi connectivity index (χ0n) is 12.4. The monoisotopic (exact) mass is 332 g/mol. The lowest BCUT2D eigenvalue weighted by atomic mass is 10.0. The molecule has 114 valence electrons. The molecule has 0 saturated heterocycles. The fraction of sp³-hybridized carbons (Fsp3) is 0.400. The van der Waals surface area contributed by atoms with Gasteiger partial charge in [-0.2, -0.15) is 9.61 Å². The van der Waals surface area contributed by atoms with Gasteiger partial charge in [-0.05, 0) is 37.3 Å². The van der Waals surface area contributed by atoms with Gasteiger partial charge in [-0.25, -0.2) is 4.98 Å². The van der Waals surface area contributed by atoms with Crippen LogP contribution in [0.1, 0.15) is 34.1 Å². The van der Waals surface area contributed by atoms with Crippen molar-refractivity contribution in [3.05, 3.63) is 49.0 Å². The molecule has 0 spiro atoms. The molecule has 0 aliphatic carbocycles. The van der Waals surface area contributed by atoms with Crippen molar-refractivity contribution in [3.8, 4) is 0 Å². The van der Waals surface area contributed by atoms with Crippen molar-refractivity contribution in [1.82, 2.24) is 19.5 Å². The molecule has 0 aromatic carbocycles. The topological polar surface area (TPSA) is 50.5 Å². The van der Waals surface area contributed by atoms with Crippen LogP contribution in [0.25, 0.3) is 4.96 Å². The Hall–Kier alpha value is -1.57. The normalized spacial score (nSPS) is 18.7. The standard InChI is InChI=1S/C15H16N4OS2/c1-9-7-14(20)19-15(16-9)22-13(17-19)8-18-5-3-12-11(10(18)2)4-6-21-12/h4,6-7,10H,3,5,8H2,1-2H3. The van der Waals surface area contributed by atoms with Crippen LogP contribution in [-0.2, 0) is 13.0 Å². The fourth-order valence-electron chi connectivity index (χ4n) is 2.98. The van der Waals surface area contributed by atoms with Gasteiger partial charge in [-0.3, -0.25) is 9.69 Å². The van der Waals surface area contributed by atoms with Crippen molar-refractivity contribution in [2.75, 3.05) is 6.54 Å². The first-order valence-corrected chi connectivity index (χ1v) is 8.98. The third-order valence-electron chi connectivity index (χ3n) is 4.16. The molecule has 22 heavy (non-hydrogen) atoms. The summed E-state index contributed by atoms with van der Waals surface area (Å²) in [6, 6.07) is 4.15. The number of hydrogen-bond acceptors (Lipinski definition) is 6. The Kier molecular flexibility index (Phi) is 3.36. The summed E-state index contributed by atoms with van der Waals surface area (Å²) >= 11 is 3.36. The Balaban J connectivity index is 1.64. The smallest absolute Gasteiger partial charge is 0.275 e. The van der Waals surface area contributed by atoms with E-state index in [9.17, 15) is 4.79 Å². The van der Waals surface area contributed by atoms with Gasteiger partial charge in [0, 0.05) is 29.2 Å². The average molecular weight is 332 g/mol. The van der Waals surface area contributed by atoms with E-state index in [0.717, 1.165) is 30.2 Å². The van der Waals surface area contributed by atoms with Crippen LogP contribution in [0.2, 0.25) is 0 Å². The molecule has 0 saturated carbocycles. The summed E-state index contributed by atoms with van der Waals surface area (Å²) in [7, 11) is 0. The van der Waals surface area contributed by atoms with E-state index in [4.69, 9.17) is 0 Å². The van der Waals surface area contributed by atoms with Gasteiger partial charge < -0.3 is 0 Å². The van der Waals surface area contributed by atoms with Crippen LogP contribution in [-0.4, -0.2) is 26.0 Å². The lowest BCUT2D eigenvalue weighted by Gasteiger charge is -2.32. The first-order chi connectivity index (χ1) is 10.6. The highest BCUT2D eigenvalue weighted by molar-refractivity contribution is 7.16. The fourth-order valence-corrected chi connectivity index (χ4v) is 4.91. The van der Waals surface area contributed by atoms with Crippen molar-refractivity contribution < 1.29 is 0 Å². The van der Waals surface area contributed by atoms with Crippen LogP contribution in [0.3, 0.4) is 0 Å². The number of rotatable bonds is 2. The molecule has 7 heteroatoms. The maximum atomic E-state index is 12.0. The van der Waals surface area contributed by atoms with Crippen LogP contribution in [0.15, 0.2) is 22.3 Å². The maximum Gasteiger partial charge on any atom is 0.275 e. The molecule has 0 N–H and O–H groups in total. The lowest BCUT2D eigenvalue weighted by Crippen LogP contribution is -2.32. The summed E-state index contributed by atoms with van der Waals surface area (Å²) in [6.45, 7) is 5.88. The summed E-state index contributed by atoms with van der Waals surface area (Å²) in [4.78, 5) is 21.0. The second kappa shape index (κ2) is 5.26. The molecule has 1 aliphatic rings. The van der Waals surface area contributed by atoms with Crippen molar-refractivity contribution in [2.24, 2.45) is 0 Å². The predicted molar refractivity (Wildman–Crippen MR) is 88.7 cm³/mol. The molecular formula is C15H16N4OS2. The summed E-state index contributed by atoms with van der Waals surface area (Å²) in [5.74, 6) is 0. The van der Waals surface area contributed by atoms with Gasteiger partial charge in [-0.1, -0.05) is 11.3 Å². The zero-order valence-corrected chi connectivity index (χ0v) is 14.1. The first-order valence-electron chi connectivity index (χ1n) is 7.28. The third-order valence-corrected chi connectivity index (χ3v) is 6.05. The van der Waals surface area contributed by atoms with E-state index in [0.29, 0.717) is 11.0 Å². The molecule has 3 aromatic heterocycles. The first kappa shape index (κ1) is 14.0. The molecule has 0 fully saturated rings. The number of fused-ring (bicyclic) bond motifs is 2. The Morgan fingerprint density at radius 3 is 3.18 bits per heavy atom. The highest BCUT2D eigenvalue weighted by Crippen LogP contribution is 2.33. The Bertz CT molecular complexity index is 894. The third kappa shape index (κ3) is 2.29. The minimum absolute atomic E-state index is 0.100. The summed E-state index contributed by atoms with van der Waals surface area (Å²) in [6.07, 6.45) is 1.10. The average Bonchev–Trinajstić information content (AvgIpc) is 3.08. The second-order valence-electron chi connectivity index (χ2n) is 5.62. The highest BCUT2D eigenvalue weighted by atomic mass is 32.1. The molecule has 0 radical (unpaired) electrons. The predicted octanol–water partition coefficient (Wildman–Crippen LogP) is 2.64. The minimum atomic E-state index is -0.100. The molecule has 1 unspecified atom stereocenters. The van der Waals surface area contributed by atoms with E-state index < -0.39 is 0 Å². The van der Waals surface area contributed by atoms with Crippen LogP contribution >= 0.6 is 22.7 Å². The lowest BCUT2D eigenvalue weighted by molar-refractivity contribution is 0.190. The number of hydrogen-bond donors (Lipinski definition) is 0. The van der Waals surface area contributed by atoms with Crippen molar-refractivity contribution in [1.29, 1.82) is 0 Å². The van der Waals surface area contributed by atoms with Gasteiger partial charge in [0.1, 0.15) is 5.01 Å². The Labute approximate surface area is 135 Å². The van der Waals surface area contributed by atoms with E-state index in [1.807, 2.05) is 18.3 Å². The zero-order chi connectivity index (χ0) is 15.3. The largest absolute Gasteiger partial charge is 0.289 e. The molecule has 1 aliphatic heterocycles. The van der Waals surface area contributed by atoms with Gasteiger partial charge in [0.2, 0.25) is 4.96 Å². The van der Waals surface area contributed by atoms with E-state index in [1.54, 1.807) is 0 Å². The minimum Gasteiger partial charge on any atom is -0.289 e. The van der Waals surface area contributed by atoms with Crippen LogP contribution in [0, 0.1) is 6.92 Å². The van der Waals surface area contributed by atoms with Gasteiger partial charge in [0.05, 0.1) is 6.54 Å². The van der Waals surface area contributed by atoms with Gasteiger partial charge in [0.15, 0.2) is 0 Å². The Morgan fingerprint density at radius 1 is 1.45 bits per heavy atom. The van der Waals surface area contributed by atoms with E-state index in [1.165, 1.54) is 32.4 Å². The molecule has 1 atom stereocenters. The van der Waals surface area contributed by atoms with Crippen molar-refractivity contribution in [2.45, 2.75) is 32.9 Å². The van der Waals surface area contributed by atoms with Gasteiger partial charge in [0.25, 0.3) is 5.56 Å². The van der Waals surface area contributed by atoms with E-state index >= 15 is 0 Å². The van der Waals surface area contributed by atoms with Crippen molar-refractivity contribution >= 4 is 27.6 Å². The molecule has 0 bridgehead atoms. The number of aryl methyl sites for hydroxylation is 1. The van der Waals surface area contributed by atoms with Gasteiger partial charge >= 0.3 is 0 Å². The van der Waals surface area contributed by atoms with Crippen LogP contribution in [0.5, 0.6) is 0 Å². The maximum absolute atomic E-state index is 12.0. The molecule has 4 rings (SSSR count). The highest BCUT2D eigenvalue weighted by Gasteiger charge is 2.25. The summed E-state index contributed by atoms with van der Waals surface area (Å²) in [5, 5.41) is 7.57. The van der Waals surface area contributed by atoms with Gasteiger partial charge in [-0.15, -0.1) is 11.3 Å². The van der Waals surface area contributed by atoms with E-state index in [-0.39, 0.29) is 5.56 Å². The molecule has 3 aromatic rings. The number of aromatic nitrogens is 3. The van der Waals surface area contributed by atoms with Crippen LogP contribution in [0.4, 0.5) is 0 Å².